The molecular weight excluding hydrogens is 245 g/mol. The summed E-state index contributed by atoms with van der Waals surface area (Å²) in [5, 5.41) is 0. The van der Waals surface area contributed by atoms with Crippen molar-refractivity contribution < 1.29 is 13.9 Å². The molecule has 0 aliphatic heterocycles. The standard InChI is InChI=1S/C15H14FNO2/c1-19-14(18)15(17,11-7-3-2-4-8-11)12-9-5-6-10-13(12)16/h2-10H,17H2,1H3. The molecule has 3 nitrogen and oxygen atoms in total. The molecule has 1 atom stereocenters. The number of hydrogen-bond donors (Lipinski definition) is 1. The Balaban J connectivity index is 2.66. The van der Waals surface area contributed by atoms with Gasteiger partial charge in [-0.05, 0) is 11.6 Å². The number of halogens is 1. The van der Waals surface area contributed by atoms with Crippen LogP contribution < -0.4 is 5.73 Å². The monoisotopic (exact) mass is 259 g/mol. The van der Waals surface area contributed by atoms with Gasteiger partial charge in [0.2, 0.25) is 0 Å². The molecule has 0 fully saturated rings. The van der Waals surface area contributed by atoms with Gasteiger partial charge in [-0.2, -0.15) is 0 Å². The third kappa shape index (κ3) is 2.22. The Labute approximate surface area is 110 Å². The van der Waals surface area contributed by atoms with Gasteiger partial charge in [0.25, 0.3) is 0 Å². The Hall–Kier alpha value is -2.20. The minimum Gasteiger partial charge on any atom is -0.467 e. The van der Waals surface area contributed by atoms with Gasteiger partial charge >= 0.3 is 5.97 Å². The minimum absolute atomic E-state index is 0.0908. The van der Waals surface area contributed by atoms with Gasteiger partial charge in [0.15, 0.2) is 5.54 Å². The summed E-state index contributed by atoms with van der Waals surface area (Å²) < 4.78 is 18.7. The minimum atomic E-state index is -1.65. The third-order valence-electron chi connectivity index (χ3n) is 3.04. The molecule has 0 radical (unpaired) electrons. The summed E-state index contributed by atoms with van der Waals surface area (Å²) in [4.78, 5) is 12.1. The topological polar surface area (TPSA) is 52.3 Å². The van der Waals surface area contributed by atoms with Crippen LogP contribution in [0, 0.1) is 5.82 Å². The van der Waals surface area contributed by atoms with Gasteiger partial charge in [-0.1, -0.05) is 48.5 Å². The fourth-order valence-electron chi connectivity index (χ4n) is 2.03. The molecular formula is C15H14FNO2. The number of ether oxygens (including phenoxy) is 1. The van der Waals surface area contributed by atoms with Crippen molar-refractivity contribution in [2.75, 3.05) is 7.11 Å². The molecule has 19 heavy (non-hydrogen) atoms. The van der Waals surface area contributed by atoms with E-state index in [-0.39, 0.29) is 5.56 Å². The highest BCUT2D eigenvalue weighted by Gasteiger charge is 2.41. The van der Waals surface area contributed by atoms with Crippen molar-refractivity contribution in [1.29, 1.82) is 0 Å². The molecule has 1 unspecified atom stereocenters. The molecule has 2 rings (SSSR count). The van der Waals surface area contributed by atoms with Crippen LogP contribution in [-0.2, 0) is 15.1 Å². The van der Waals surface area contributed by atoms with Gasteiger partial charge < -0.3 is 10.5 Å². The van der Waals surface area contributed by atoms with E-state index in [0.29, 0.717) is 5.56 Å². The van der Waals surface area contributed by atoms with Gasteiger partial charge in [-0.25, -0.2) is 9.18 Å². The van der Waals surface area contributed by atoms with Crippen LogP contribution in [0.1, 0.15) is 11.1 Å². The van der Waals surface area contributed by atoms with Crippen LogP contribution in [0.5, 0.6) is 0 Å². The smallest absolute Gasteiger partial charge is 0.335 e. The van der Waals surface area contributed by atoms with Crippen LogP contribution in [0.25, 0.3) is 0 Å². The quantitative estimate of drug-likeness (QED) is 0.860. The molecule has 0 bridgehead atoms. The van der Waals surface area contributed by atoms with E-state index in [1.807, 2.05) is 0 Å². The van der Waals surface area contributed by atoms with Crippen molar-refractivity contribution in [2.45, 2.75) is 5.54 Å². The van der Waals surface area contributed by atoms with Crippen molar-refractivity contribution in [3.63, 3.8) is 0 Å². The van der Waals surface area contributed by atoms with Gasteiger partial charge in [0.1, 0.15) is 5.82 Å². The summed E-state index contributed by atoms with van der Waals surface area (Å²) in [6, 6.07) is 14.5. The number of carbonyl (C=O) groups excluding carboxylic acids is 1. The molecule has 2 aromatic rings. The Kier molecular flexibility index (Phi) is 3.62. The predicted molar refractivity (Wildman–Crippen MR) is 69.8 cm³/mol. The SMILES string of the molecule is COC(=O)C(N)(c1ccccc1)c1ccccc1F. The van der Waals surface area contributed by atoms with E-state index >= 15 is 0 Å². The Morgan fingerprint density at radius 2 is 1.68 bits per heavy atom. The molecule has 98 valence electrons. The zero-order chi connectivity index (χ0) is 13.9. The number of rotatable bonds is 3. The zero-order valence-electron chi connectivity index (χ0n) is 10.5. The molecule has 0 saturated heterocycles. The van der Waals surface area contributed by atoms with Crippen LogP contribution in [0.4, 0.5) is 4.39 Å². The van der Waals surface area contributed by atoms with Crippen LogP contribution in [0.2, 0.25) is 0 Å². The second-order valence-electron chi connectivity index (χ2n) is 4.15. The van der Waals surface area contributed by atoms with Gasteiger partial charge in [-0.15, -0.1) is 0 Å². The Morgan fingerprint density at radius 1 is 1.11 bits per heavy atom. The van der Waals surface area contributed by atoms with E-state index in [0.717, 1.165) is 0 Å². The van der Waals surface area contributed by atoms with E-state index in [1.165, 1.54) is 19.2 Å². The summed E-state index contributed by atoms with van der Waals surface area (Å²) in [6.45, 7) is 0. The highest BCUT2D eigenvalue weighted by atomic mass is 19.1. The van der Waals surface area contributed by atoms with E-state index < -0.39 is 17.3 Å². The number of nitrogens with two attached hydrogens (primary N) is 1. The fraction of sp³-hybridized carbons (Fsp3) is 0.133. The highest BCUT2D eigenvalue weighted by Crippen LogP contribution is 2.30. The molecule has 0 heterocycles. The van der Waals surface area contributed by atoms with E-state index in [1.54, 1.807) is 42.5 Å². The van der Waals surface area contributed by atoms with Crippen LogP contribution in [0.3, 0.4) is 0 Å². The molecule has 0 spiro atoms. The first-order valence-electron chi connectivity index (χ1n) is 5.78. The number of hydrogen-bond acceptors (Lipinski definition) is 3. The van der Waals surface area contributed by atoms with Crippen LogP contribution in [-0.4, -0.2) is 13.1 Å². The number of esters is 1. The maximum absolute atomic E-state index is 14.0. The van der Waals surface area contributed by atoms with E-state index in [4.69, 9.17) is 10.5 Å². The lowest BCUT2D eigenvalue weighted by atomic mass is 9.83. The first-order chi connectivity index (χ1) is 9.10. The van der Waals surface area contributed by atoms with E-state index in [9.17, 15) is 9.18 Å². The second-order valence-corrected chi connectivity index (χ2v) is 4.15. The molecule has 0 amide bonds. The third-order valence-corrected chi connectivity index (χ3v) is 3.04. The maximum atomic E-state index is 14.0. The van der Waals surface area contributed by atoms with Gasteiger partial charge in [0.05, 0.1) is 7.11 Å². The Morgan fingerprint density at radius 3 is 2.26 bits per heavy atom. The summed E-state index contributed by atoms with van der Waals surface area (Å²) in [7, 11) is 1.23. The molecule has 0 aliphatic rings. The molecule has 4 heteroatoms. The van der Waals surface area contributed by atoms with Gasteiger partial charge in [0, 0.05) is 5.56 Å². The Bertz CT molecular complexity index is 586. The van der Waals surface area contributed by atoms with Crippen molar-refractivity contribution in [3.05, 3.63) is 71.5 Å². The summed E-state index contributed by atoms with van der Waals surface area (Å²) in [5.74, 6) is -1.25. The summed E-state index contributed by atoms with van der Waals surface area (Å²) >= 11 is 0. The van der Waals surface area contributed by atoms with Crippen molar-refractivity contribution in [2.24, 2.45) is 5.73 Å². The van der Waals surface area contributed by atoms with Crippen LogP contribution >= 0.6 is 0 Å². The summed E-state index contributed by atoms with van der Waals surface area (Å²) in [5.41, 5.74) is 5.10. The maximum Gasteiger partial charge on any atom is 0.335 e. The van der Waals surface area contributed by atoms with Crippen LogP contribution in [0.15, 0.2) is 54.6 Å². The zero-order valence-corrected chi connectivity index (χ0v) is 10.5. The second kappa shape index (κ2) is 5.20. The normalized spacial score (nSPS) is 13.6. The molecule has 2 N–H and O–H groups in total. The lowest BCUT2D eigenvalue weighted by Crippen LogP contribution is -2.47. The van der Waals surface area contributed by atoms with Crippen molar-refractivity contribution in [1.82, 2.24) is 0 Å². The number of methoxy groups -OCH3 is 1. The largest absolute Gasteiger partial charge is 0.467 e. The number of carbonyl (C=O) groups is 1. The first kappa shape index (κ1) is 13.2. The lowest BCUT2D eigenvalue weighted by molar-refractivity contribution is -0.145. The summed E-state index contributed by atoms with van der Waals surface area (Å²) in [6.07, 6.45) is 0. The van der Waals surface area contributed by atoms with E-state index in [2.05, 4.69) is 0 Å². The lowest BCUT2D eigenvalue weighted by Gasteiger charge is -2.27. The predicted octanol–water partition coefficient (Wildman–Crippen LogP) is 2.20. The van der Waals surface area contributed by atoms with Crippen molar-refractivity contribution in [3.8, 4) is 0 Å². The average molecular weight is 259 g/mol. The van der Waals surface area contributed by atoms with Gasteiger partial charge in [-0.3, -0.25) is 0 Å². The molecule has 2 aromatic carbocycles. The molecule has 0 aromatic heterocycles. The molecule has 0 saturated carbocycles. The molecule has 0 aliphatic carbocycles. The van der Waals surface area contributed by atoms with Crippen molar-refractivity contribution >= 4 is 5.97 Å². The first-order valence-corrected chi connectivity index (χ1v) is 5.78. The average Bonchev–Trinajstić information content (AvgIpc) is 2.47. The number of benzene rings is 2. The highest BCUT2D eigenvalue weighted by molar-refractivity contribution is 5.86. The fourth-order valence-corrected chi connectivity index (χ4v) is 2.03.